The van der Waals surface area contributed by atoms with Crippen LogP contribution in [0.4, 0.5) is 0 Å². The van der Waals surface area contributed by atoms with E-state index in [1.165, 1.54) is 6.42 Å². The minimum Gasteiger partial charge on any atom is -0.340 e. The highest BCUT2D eigenvalue weighted by molar-refractivity contribution is 5.80. The third kappa shape index (κ3) is 1.97. The van der Waals surface area contributed by atoms with Crippen LogP contribution in [-0.4, -0.2) is 47.4 Å². The molecule has 3 nitrogen and oxygen atoms in total. The summed E-state index contributed by atoms with van der Waals surface area (Å²) in [6.07, 6.45) is 1.97. The Hall–Kier alpha value is -0.570. The van der Waals surface area contributed by atoms with Crippen molar-refractivity contribution in [1.29, 1.82) is 0 Å². The van der Waals surface area contributed by atoms with Crippen LogP contribution < -0.4 is 0 Å². The van der Waals surface area contributed by atoms with Crippen molar-refractivity contribution in [1.82, 2.24) is 9.80 Å². The number of nitrogens with zero attached hydrogens (tertiary/aromatic N) is 2. The molecule has 0 N–H and O–H groups in total. The summed E-state index contributed by atoms with van der Waals surface area (Å²) in [5.74, 6) is 0.362. The number of hydrogen-bond donors (Lipinski definition) is 0. The second-order valence-corrected chi connectivity index (χ2v) is 6.11. The largest absolute Gasteiger partial charge is 0.340 e. The van der Waals surface area contributed by atoms with E-state index in [0.29, 0.717) is 18.0 Å². The van der Waals surface area contributed by atoms with Gasteiger partial charge >= 0.3 is 0 Å². The van der Waals surface area contributed by atoms with E-state index >= 15 is 0 Å². The van der Waals surface area contributed by atoms with Crippen LogP contribution in [0.1, 0.15) is 40.5 Å². The van der Waals surface area contributed by atoms with E-state index in [4.69, 9.17) is 0 Å². The normalized spacial score (nSPS) is 31.6. The highest BCUT2D eigenvalue weighted by Crippen LogP contribution is 2.41. The van der Waals surface area contributed by atoms with Gasteiger partial charge in [0.05, 0.1) is 0 Å². The highest BCUT2D eigenvalue weighted by atomic mass is 16.2. The zero-order valence-corrected chi connectivity index (χ0v) is 11.0. The van der Waals surface area contributed by atoms with Gasteiger partial charge in [0.25, 0.3) is 0 Å². The van der Waals surface area contributed by atoms with Crippen LogP contribution in [0.3, 0.4) is 0 Å². The molecule has 0 aromatic rings. The number of carbonyl (C=O) groups excluding carboxylic acids is 1. The van der Waals surface area contributed by atoms with Gasteiger partial charge in [0, 0.05) is 37.0 Å². The quantitative estimate of drug-likeness (QED) is 0.713. The molecule has 2 heterocycles. The molecule has 1 unspecified atom stereocenters. The molecule has 3 heteroatoms. The fraction of sp³-hybridized carbons (Fsp3) is 0.923. The van der Waals surface area contributed by atoms with Crippen LogP contribution in [0.5, 0.6) is 0 Å². The van der Waals surface area contributed by atoms with E-state index in [1.54, 1.807) is 0 Å². The minimum atomic E-state index is 0.269. The molecule has 1 atom stereocenters. The Bertz CT molecular complexity index is 288. The second-order valence-electron chi connectivity index (χ2n) is 6.11. The predicted molar refractivity (Wildman–Crippen MR) is 65.2 cm³/mol. The Balaban J connectivity index is 2.05. The fourth-order valence-electron chi connectivity index (χ4n) is 3.08. The summed E-state index contributed by atoms with van der Waals surface area (Å²) in [5, 5.41) is 0. The molecule has 16 heavy (non-hydrogen) atoms. The third-order valence-electron chi connectivity index (χ3n) is 4.17. The molecule has 0 aromatic heterocycles. The number of likely N-dealkylation sites (tertiary alicyclic amines) is 2. The Morgan fingerprint density at radius 2 is 1.81 bits per heavy atom. The van der Waals surface area contributed by atoms with Crippen molar-refractivity contribution in [2.24, 2.45) is 5.41 Å². The molecule has 2 saturated heterocycles. The van der Waals surface area contributed by atoms with E-state index in [0.717, 1.165) is 26.1 Å². The van der Waals surface area contributed by atoms with Crippen LogP contribution in [0.25, 0.3) is 0 Å². The topological polar surface area (TPSA) is 23.6 Å². The van der Waals surface area contributed by atoms with Gasteiger partial charge < -0.3 is 9.80 Å². The Labute approximate surface area is 98.8 Å². The molecule has 2 rings (SSSR count). The van der Waals surface area contributed by atoms with Gasteiger partial charge in [-0.25, -0.2) is 0 Å². The molecule has 1 amide bonds. The lowest BCUT2D eigenvalue weighted by atomic mass is 9.86. The summed E-state index contributed by atoms with van der Waals surface area (Å²) in [7, 11) is 0. The molecule has 2 aliphatic heterocycles. The van der Waals surface area contributed by atoms with Gasteiger partial charge in [-0.1, -0.05) is 0 Å². The van der Waals surface area contributed by atoms with Gasteiger partial charge in [-0.3, -0.25) is 4.79 Å². The summed E-state index contributed by atoms with van der Waals surface area (Å²) in [5.41, 5.74) is 0.269. The van der Waals surface area contributed by atoms with Gasteiger partial charge in [0.15, 0.2) is 0 Å². The first-order chi connectivity index (χ1) is 7.43. The maximum atomic E-state index is 12.0. The molecule has 0 bridgehead atoms. The van der Waals surface area contributed by atoms with Crippen molar-refractivity contribution in [2.75, 3.05) is 19.6 Å². The van der Waals surface area contributed by atoms with Crippen LogP contribution in [0, 0.1) is 5.41 Å². The monoisotopic (exact) mass is 224 g/mol. The number of rotatable bonds is 2. The second kappa shape index (κ2) is 4.02. The summed E-state index contributed by atoms with van der Waals surface area (Å²) in [6, 6.07) is 0.975. The Kier molecular flexibility index (Phi) is 2.99. The summed E-state index contributed by atoms with van der Waals surface area (Å²) in [6.45, 7) is 12.0. The van der Waals surface area contributed by atoms with Crippen LogP contribution in [0.2, 0.25) is 0 Å². The van der Waals surface area contributed by atoms with Crippen LogP contribution in [-0.2, 0) is 4.79 Å². The van der Waals surface area contributed by atoms with Gasteiger partial charge in [-0.05, 0) is 40.7 Å². The van der Waals surface area contributed by atoms with Crippen LogP contribution >= 0.6 is 0 Å². The van der Waals surface area contributed by atoms with E-state index in [1.807, 2.05) is 0 Å². The molecule has 0 radical (unpaired) electrons. The van der Waals surface area contributed by atoms with Gasteiger partial charge in [-0.15, -0.1) is 0 Å². The molecule has 0 aromatic carbocycles. The lowest BCUT2D eigenvalue weighted by molar-refractivity contribution is -0.129. The van der Waals surface area contributed by atoms with Crippen molar-refractivity contribution < 1.29 is 4.79 Å². The molecule has 2 fully saturated rings. The van der Waals surface area contributed by atoms with Crippen molar-refractivity contribution in [3.63, 3.8) is 0 Å². The molecule has 1 spiro atoms. The van der Waals surface area contributed by atoms with Crippen molar-refractivity contribution >= 4 is 5.91 Å². The van der Waals surface area contributed by atoms with Crippen molar-refractivity contribution in [3.05, 3.63) is 0 Å². The van der Waals surface area contributed by atoms with E-state index in [2.05, 4.69) is 37.5 Å². The predicted octanol–water partition coefficient (Wildman–Crippen LogP) is 1.73. The van der Waals surface area contributed by atoms with E-state index in [9.17, 15) is 4.79 Å². The minimum absolute atomic E-state index is 0.269. The van der Waals surface area contributed by atoms with E-state index in [-0.39, 0.29) is 5.41 Å². The zero-order valence-electron chi connectivity index (χ0n) is 11.0. The Morgan fingerprint density at radius 1 is 1.12 bits per heavy atom. The number of amides is 1. The first kappa shape index (κ1) is 11.9. The molecular formula is C13H24N2O. The number of hydrogen-bond acceptors (Lipinski definition) is 2. The van der Waals surface area contributed by atoms with Gasteiger partial charge in [-0.2, -0.15) is 0 Å². The summed E-state index contributed by atoms with van der Waals surface area (Å²) in [4.78, 5) is 16.5. The summed E-state index contributed by atoms with van der Waals surface area (Å²) >= 11 is 0. The average molecular weight is 224 g/mol. The lowest BCUT2D eigenvalue weighted by Crippen LogP contribution is -2.36. The van der Waals surface area contributed by atoms with E-state index < -0.39 is 0 Å². The average Bonchev–Trinajstić information content (AvgIpc) is 2.72. The van der Waals surface area contributed by atoms with Crippen LogP contribution in [0.15, 0.2) is 0 Å². The smallest absolute Gasteiger partial charge is 0.223 e. The third-order valence-corrected chi connectivity index (χ3v) is 4.17. The first-order valence-electron chi connectivity index (χ1n) is 6.47. The lowest BCUT2D eigenvalue weighted by Gasteiger charge is -2.27. The fourth-order valence-corrected chi connectivity index (χ4v) is 3.08. The maximum absolute atomic E-state index is 12.0. The molecule has 0 aliphatic carbocycles. The SMILES string of the molecule is CC(C)N1CCC2(CC(=O)N(C(C)C)C2)C1. The molecule has 0 saturated carbocycles. The molecular weight excluding hydrogens is 200 g/mol. The zero-order chi connectivity index (χ0) is 11.9. The standard InChI is InChI=1S/C13H24N2O/c1-10(2)14-6-5-13(8-14)7-12(16)15(9-13)11(3)4/h10-11H,5-9H2,1-4H3. The van der Waals surface area contributed by atoms with Gasteiger partial charge in [0.2, 0.25) is 5.91 Å². The van der Waals surface area contributed by atoms with Crippen molar-refractivity contribution in [2.45, 2.75) is 52.6 Å². The number of carbonyl (C=O) groups is 1. The Morgan fingerprint density at radius 3 is 2.25 bits per heavy atom. The highest BCUT2D eigenvalue weighted by Gasteiger charge is 2.48. The summed E-state index contributed by atoms with van der Waals surface area (Å²) < 4.78 is 0. The van der Waals surface area contributed by atoms with Gasteiger partial charge in [0.1, 0.15) is 0 Å². The maximum Gasteiger partial charge on any atom is 0.223 e. The van der Waals surface area contributed by atoms with Crippen molar-refractivity contribution in [3.8, 4) is 0 Å². The molecule has 2 aliphatic rings. The molecule has 92 valence electrons. The first-order valence-corrected chi connectivity index (χ1v) is 6.47.